The molecule has 1 unspecified atom stereocenters. The number of halogens is 2. The standard InChI is InChI=1S/C19H18Cl2N2O3/c1-26-19(25)17-8-12-4-2-3-5-13(12)10-23(17)11-18(24)22-14-6-7-15(20)16(21)9-14/h2-7,9,17H,8,10-11H2,1H3,(H,22,24)/p+1/t17-/m0/s1. The lowest BCUT2D eigenvalue weighted by atomic mass is 9.94. The molecule has 0 saturated heterocycles. The fourth-order valence-corrected chi connectivity index (χ4v) is 3.52. The van der Waals surface area contributed by atoms with Gasteiger partial charge in [0.25, 0.3) is 5.91 Å². The monoisotopic (exact) mass is 393 g/mol. The van der Waals surface area contributed by atoms with Crippen molar-refractivity contribution in [1.29, 1.82) is 0 Å². The van der Waals surface area contributed by atoms with Crippen molar-refractivity contribution in [3.63, 3.8) is 0 Å². The van der Waals surface area contributed by atoms with Gasteiger partial charge in [0.1, 0.15) is 6.54 Å². The van der Waals surface area contributed by atoms with E-state index in [1.807, 2.05) is 24.3 Å². The Kier molecular flexibility index (Phi) is 5.81. The van der Waals surface area contributed by atoms with Gasteiger partial charge < -0.3 is 15.0 Å². The van der Waals surface area contributed by atoms with Gasteiger partial charge >= 0.3 is 5.97 Å². The van der Waals surface area contributed by atoms with Crippen LogP contribution in [0.15, 0.2) is 42.5 Å². The maximum Gasteiger partial charge on any atom is 0.365 e. The van der Waals surface area contributed by atoms with Gasteiger partial charge in [0.2, 0.25) is 0 Å². The molecule has 0 radical (unpaired) electrons. The summed E-state index contributed by atoms with van der Waals surface area (Å²) in [6, 6.07) is 12.5. The highest BCUT2D eigenvalue weighted by atomic mass is 35.5. The number of carbonyl (C=O) groups is 2. The fourth-order valence-electron chi connectivity index (χ4n) is 3.22. The molecule has 0 bridgehead atoms. The Hall–Kier alpha value is -2.08. The van der Waals surface area contributed by atoms with Gasteiger partial charge in [-0.3, -0.25) is 4.79 Å². The Bertz CT molecular complexity index is 841. The van der Waals surface area contributed by atoms with E-state index in [4.69, 9.17) is 27.9 Å². The van der Waals surface area contributed by atoms with E-state index in [2.05, 4.69) is 5.32 Å². The minimum absolute atomic E-state index is 0.147. The number of hydrogen-bond acceptors (Lipinski definition) is 3. The van der Waals surface area contributed by atoms with E-state index < -0.39 is 6.04 Å². The van der Waals surface area contributed by atoms with Crippen LogP contribution in [0.1, 0.15) is 11.1 Å². The molecule has 2 aromatic rings. The molecule has 0 spiro atoms. The third-order valence-corrected chi connectivity index (χ3v) is 5.27. The molecule has 1 aliphatic heterocycles. The van der Waals surface area contributed by atoms with Gasteiger partial charge in [-0.15, -0.1) is 0 Å². The van der Waals surface area contributed by atoms with Crippen molar-refractivity contribution in [2.45, 2.75) is 19.0 Å². The summed E-state index contributed by atoms with van der Waals surface area (Å²) in [5, 5.41) is 3.60. The average molecular weight is 394 g/mol. The summed E-state index contributed by atoms with van der Waals surface area (Å²) in [6.07, 6.45) is 0.554. The van der Waals surface area contributed by atoms with E-state index in [0.717, 1.165) is 16.0 Å². The van der Waals surface area contributed by atoms with Crippen molar-refractivity contribution in [3.8, 4) is 0 Å². The van der Waals surface area contributed by atoms with Gasteiger partial charge in [-0.05, 0) is 23.8 Å². The Balaban J connectivity index is 1.74. The van der Waals surface area contributed by atoms with Crippen LogP contribution in [0.25, 0.3) is 0 Å². The second kappa shape index (κ2) is 8.08. The predicted molar refractivity (Wildman–Crippen MR) is 101 cm³/mol. The number of quaternary nitrogens is 1. The molecule has 0 aromatic heterocycles. The van der Waals surface area contributed by atoms with Crippen LogP contribution in [0.2, 0.25) is 10.0 Å². The molecule has 1 amide bonds. The Morgan fingerprint density at radius 1 is 1.15 bits per heavy atom. The number of hydrogen-bond donors (Lipinski definition) is 2. The molecule has 0 aliphatic carbocycles. The molecule has 136 valence electrons. The molecule has 1 heterocycles. The Morgan fingerprint density at radius 2 is 1.88 bits per heavy atom. The summed E-state index contributed by atoms with van der Waals surface area (Å²) in [4.78, 5) is 25.5. The zero-order valence-electron chi connectivity index (χ0n) is 14.2. The molecule has 2 atom stereocenters. The summed E-state index contributed by atoms with van der Waals surface area (Å²) < 4.78 is 4.94. The first-order valence-electron chi connectivity index (χ1n) is 8.22. The molecule has 2 N–H and O–H groups in total. The number of amides is 1. The van der Waals surface area contributed by atoms with E-state index in [1.165, 1.54) is 7.11 Å². The van der Waals surface area contributed by atoms with Gasteiger partial charge in [-0.1, -0.05) is 47.5 Å². The van der Waals surface area contributed by atoms with Crippen molar-refractivity contribution in [1.82, 2.24) is 0 Å². The third kappa shape index (κ3) is 4.18. The molecule has 2 aromatic carbocycles. The second-order valence-electron chi connectivity index (χ2n) is 6.24. The molecule has 26 heavy (non-hydrogen) atoms. The minimum Gasteiger partial charge on any atom is -0.465 e. The van der Waals surface area contributed by atoms with Crippen LogP contribution in [0.5, 0.6) is 0 Å². The van der Waals surface area contributed by atoms with Crippen LogP contribution in [0.4, 0.5) is 5.69 Å². The normalized spacial score (nSPS) is 18.7. The van der Waals surface area contributed by atoms with Crippen molar-refractivity contribution < 1.29 is 19.2 Å². The fraction of sp³-hybridized carbons (Fsp3) is 0.263. The van der Waals surface area contributed by atoms with E-state index >= 15 is 0 Å². The summed E-state index contributed by atoms with van der Waals surface area (Å²) in [5.41, 5.74) is 2.83. The number of nitrogens with one attached hydrogen (secondary N) is 2. The SMILES string of the molecule is COC(=O)[C@@H]1Cc2ccccc2C[NH+]1CC(=O)Nc1ccc(Cl)c(Cl)c1. The summed E-state index contributed by atoms with van der Waals surface area (Å²) in [5.74, 6) is -0.511. The van der Waals surface area contributed by atoms with Crippen LogP contribution in [-0.2, 0) is 27.3 Å². The maximum absolute atomic E-state index is 12.5. The smallest absolute Gasteiger partial charge is 0.365 e. The summed E-state index contributed by atoms with van der Waals surface area (Å²) in [6.45, 7) is 0.735. The van der Waals surface area contributed by atoms with Crippen molar-refractivity contribution in [3.05, 3.63) is 63.6 Å². The summed E-state index contributed by atoms with van der Waals surface area (Å²) in [7, 11) is 1.37. The third-order valence-electron chi connectivity index (χ3n) is 4.53. The highest BCUT2D eigenvalue weighted by molar-refractivity contribution is 6.42. The number of benzene rings is 2. The topological polar surface area (TPSA) is 59.8 Å². The molecule has 7 heteroatoms. The van der Waals surface area contributed by atoms with Gasteiger partial charge in [0, 0.05) is 17.7 Å². The molecule has 0 saturated carbocycles. The molecular formula is C19H19Cl2N2O3+. The first-order valence-corrected chi connectivity index (χ1v) is 8.97. The van der Waals surface area contributed by atoms with Gasteiger partial charge in [-0.25, -0.2) is 4.79 Å². The zero-order valence-corrected chi connectivity index (χ0v) is 15.7. The number of fused-ring (bicyclic) bond motifs is 1. The van der Waals surface area contributed by atoms with Gasteiger partial charge in [-0.2, -0.15) is 0 Å². The maximum atomic E-state index is 12.5. The molecule has 1 aliphatic rings. The number of ether oxygens (including phenoxy) is 1. The van der Waals surface area contributed by atoms with Gasteiger partial charge in [0.05, 0.1) is 17.2 Å². The largest absolute Gasteiger partial charge is 0.465 e. The van der Waals surface area contributed by atoms with Crippen molar-refractivity contribution in [2.24, 2.45) is 0 Å². The zero-order chi connectivity index (χ0) is 18.7. The lowest BCUT2D eigenvalue weighted by Crippen LogP contribution is -3.17. The molecule has 0 fully saturated rings. The Labute approximate surface area is 161 Å². The lowest BCUT2D eigenvalue weighted by molar-refractivity contribution is -0.924. The van der Waals surface area contributed by atoms with Crippen LogP contribution < -0.4 is 10.2 Å². The lowest BCUT2D eigenvalue weighted by Gasteiger charge is -2.31. The first kappa shape index (κ1) is 18.7. The molecular weight excluding hydrogens is 375 g/mol. The predicted octanol–water partition coefficient (Wildman–Crippen LogP) is 2.11. The van der Waals surface area contributed by atoms with E-state index in [1.54, 1.807) is 18.2 Å². The highest BCUT2D eigenvalue weighted by Crippen LogP contribution is 2.24. The quantitative estimate of drug-likeness (QED) is 0.782. The number of carbonyl (C=O) groups excluding carboxylic acids is 2. The number of anilines is 1. The van der Waals surface area contributed by atoms with Crippen LogP contribution in [0, 0.1) is 0 Å². The molecule has 3 rings (SSSR count). The highest BCUT2D eigenvalue weighted by Gasteiger charge is 2.37. The number of rotatable bonds is 4. The number of methoxy groups -OCH3 is 1. The van der Waals surface area contributed by atoms with Crippen LogP contribution in [-0.4, -0.2) is 31.6 Å². The number of esters is 1. The van der Waals surface area contributed by atoms with Gasteiger partial charge in [0.15, 0.2) is 12.6 Å². The summed E-state index contributed by atoms with van der Waals surface area (Å²) >= 11 is 11.9. The average Bonchev–Trinajstić information content (AvgIpc) is 2.63. The van der Waals surface area contributed by atoms with Crippen molar-refractivity contribution in [2.75, 3.05) is 19.0 Å². The minimum atomic E-state index is -0.408. The van der Waals surface area contributed by atoms with E-state index in [-0.39, 0.29) is 18.4 Å². The Morgan fingerprint density at radius 3 is 2.58 bits per heavy atom. The van der Waals surface area contributed by atoms with E-state index in [0.29, 0.717) is 28.7 Å². The van der Waals surface area contributed by atoms with Crippen LogP contribution in [0.3, 0.4) is 0 Å². The second-order valence-corrected chi connectivity index (χ2v) is 7.05. The van der Waals surface area contributed by atoms with Crippen molar-refractivity contribution >= 4 is 40.8 Å². The van der Waals surface area contributed by atoms with Crippen LogP contribution >= 0.6 is 23.2 Å². The molecule has 5 nitrogen and oxygen atoms in total. The first-order chi connectivity index (χ1) is 12.5. The van der Waals surface area contributed by atoms with E-state index in [9.17, 15) is 9.59 Å².